The molecular formula is C28H36INO5. The highest BCUT2D eigenvalue weighted by Crippen LogP contribution is 2.51. The molecule has 4 rings (SSSR count). The van der Waals surface area contributed by atoms with Crippen LogP contribution in [-0.2, 0) is 14.3 Å². The summed E-state index contributed by atoms with van der Waals surface area (Å²) in [5, 5.41) is 10.1. The molecule has 2 amide bonds. The highest BCUT2D eigenvalue weighted by molar-refractivity contribution is 14.1. The fraction of sp³-hybridized carbons (Fsp3) is 0.571. The summed E-state index contributed by atoms with van der Waals surface area (Å²) in [7, 11) is 1.55. The largest absolute Gasteiger partial charge is 0.504 e. The van der Waals surface area contributed by atoms with Crippen LogP contribution in [0.5, 0.6) is 11.5 Å². The minimum Gasteiger partial charge on any atom is -0.504 e. The third-order valence-electron chi connectivity index (χ3n) is 7.66. The Morgan fingerprint density at radius 2 is 2.03 bits per heavy atom. The summed E-state index contributed by atoms with van der Waals surface area (Å²) >= 11 is 2.11. The summed E-state index contributed by atoms with van der Waals surface area (Å²) in [5.41, 5.74) is 4.80. The van der Waals surface area contributed by atoms with E-state index in [-0.39, 0.29) is 41.4 Å². The molecule has 2 heterocycles. The number of likely N-dealkylation sites (tertiary alicyclic amines) is 1. The van der Waals surface area contributed by atoms with Crippen LogP contribution in [0.3, 0.4) is 0 Å². The second kappa shape index (κ2) is 10.6. The lowest BCUT2D eigenvalue weighted by atomic mass is 9.67. The van der Waals surface area contributed by atoms with Crippen LogP contribution in [0, 0.1) is 27.2 Å². The molecule has 2 fully saturated rings. The first-order valence-corrected chi connectivity index (χ1v) is 13.7. The Morgan fingerprint density at radius 1 is 1.29 bits per heavy atom. The molecule has 0 saturated carbocycles. The topological polar surface area (TPSA) is 76.1 Å². The van der Waals surface area contributed by atoms with E-state index in [1.54, 1.807) is 7.11 Å². The smallest absolute Gasteiger partial charge is 0.233 e. The predicted octanol–water partition coefficient (Wildman–Crippen LogP) is 5.57. The van der Waals surface area contributed by atoms with Crippen LogP contribution in [0.4, 0.5) is 0 Å². The van der Waals surface area contributed by atoms with Gasteiger partial charge in [-0.2, -0.15) is 0 Å². The summed E-state index contributed by atoms with van der Waals surface area (Å²) in [6.07, 6.45) is 5.27. The van der Waals surface area contributed by atoms with Gasteiger partial charge in [-0.05, 0) is 84.4 Å². The van der Waals surface area contributed by atoms with Crippen molar-refractivity contribution in [2.24, 2.45) is 23.7 Å². The van der Waals surface area contributed by atoms with Crippen molar-refractivity contribution in [3.05, 3.63) is 38.0 Å². The fourth-order valence-electron chi connectivity index (χ4n) is 6.02. The van der Waals surface area contributed by atoms with Crippen LogP contribution in [-0.4, -0.2) is 48.2 Å². The van der Waals surface area contributed by atoms with E-state index in [4.69, 9.17) is 9.47 Å². The van der Waals surface area contributed by atoms with Gasteiger partial charge in [0.2, 0.25) is 11.8 Å². The summed E-state index contributed by atoms with van der Waals surface area (Å²) in [6, 6.07) is 3.78. The molecule has 0 bridgehead atoms. The molecule has 1 aliphatic carbocycles. The first-order chi connectivity index (χ1) is 16.7. The summed E-state index contributed by atoms with van der Waals surface area (Å²) in [6.45, 7) is 9.52. The molecule has 2 saturated heterocycles. The maximum absolute atomic E-state index is 13.2. The number of aromatic hydroxyl groups is 1. The van der Waals surface area contributed by atoms with Crippen molar-refractivity contribution in [2.45, 2.75) is 59.5 Å². The number of carbonyl (C=O) groups excluding carboxylic acids is 2. The maximum Gasteiger partial charge on any atom is 0.233 e. The Labute approximate surface area is 221 Å². The number of nitrogens with zero attached hydrogens (tertiary/aromatic N) is 1. The van der Waals surface area contributed by atoms with E-state index in [1.165, 1.54) is 21.6 Å². The number of halogens is 1. The van der Waals surface area contributed by atoms with Crippen molar-refractivity contribution >= 4 is 40.5 Å². The number of phenols is 1. The van der Waals surface area contributed by atoms with Gasteiger partial charge >= 0.3 is 0 Å². The van der Waals surface area contributed by atoms with E-state index >= 15 is 0 Å². The molecule has 0 aromatic heterocycles. The minimum absolute atomic E-state index is 0.00311. The first-order valence-electron chi connectivity index (χ1n) is 12.6. The molecule has 35 heavy (non-hydrogen) atoms. The monoisotopic (exact) mass is 593 g/mol. The maximum atomic E-state index is 13.2. The number of imide groups is 1. The lowest BCUT2D eigenvalue weighted by molar-refractivity contribution is -0.140. The Balaban J connectivity index is 1.54. The van der Waals surface area contributed by atoms with Crippen LogP contribution >= 0.6 is 22.6 Å². The van der Waals surface area contributed by atoms with E-state index in [9.17, 15) is 14.7 Å². The van der Waals surface area contributed by atoms with Crippen molar-refractivity contribution in [1.82, 2.24) is 4.90 Å². The van der Waals surface area contributed by atoms with Gasteiger partial charge in [0.15, 0.2) is 11.5 Å². The number of benzene rings is 1. The normalized spacial score (nSPS) is 26.6. The Bertz CT molecular complexity index is 1080. The van der Waals surface area contributed by atoms with Crippen molar-refractivity contribution in [1.29, 1.82) is 0 Å². The number of phenolic OH excluding ortho intramolecular Hbond substituents is 1. The second-order valence-electron chi connectivity index (χ2n) is 10.3. The third kappa shape index (κ3) is 4.90. The zero-order chi connectivity index (χ0) is 25.4. The van der Waals surface area contributed by atoms with Crippen LogP contribution in [0.15, 0.2) is 28.9 Å². The molecule has 3 aliphatic rings. The van der Waals surface area contributed by atoms with E-state index in [1.807, 2.05) is 19.1 Å². The Kier molecular flexibility index (Phi) is 7.95. The Hall–Kier alpha value is -1.87. The molecule has 0 radical (unpaired) electrons. The molecule has 7 heteroatoms. The van der Waals surface area contributed by atoms with Gasteiger partial charge in [-0.3, -0.25) is 14.5 Å². The summed E-state index contributed by atoms with van der Waals surface area (Å²) in [5.74, 6) is 0.494. The van der Waals surface area contributed by atoms with Crippen LogP contribution in [0.2, 0.25) is 0 Å². The van der Waals surface area contributed by atoms with E-state index in [2.05, 4.69) is 49.4 Å². The molecular weight excluding hydrogens is 557 g/mol. The zero-order valence-corrected chi connectivity index (χ0v) is 23.4. The number of amides is 2. The van der Waals surface area contributed by atoms with Gasteiger partial charge < -0.3 is 14.6 Å². The fourth-order valence-corrected chi connectivity index (χ4v) is 6.64. The highest BCUT2D eigenvalue weighted by Gasteiger charge is 2.56. The first kappa shape index (κ1) is 26.2. The third-order valence-corrected chi connectivity index (χ3v) is 8.49. The molecule has 190 valence electrons. The number of fused-ring (bicyclic) bond motifs is 3. The average Bonchev–Trinajstić information content (AvgIpc) is 3.34. The molecule has 2 aliphatic heterocycles. The molecule has 0 spiro atoms. The molecule has 1 N–H and O–H groups in total. The number of hydrogen-bond acceptors (Lipinski definition) is 5. The SMILES string of the molecule is CCCN1C(=O)[C@@H]2[C@@H](CC(C(C)C)=C3[C@@H](CC/C(C)=C/c4cc(I)c(O)c(OC)c4)OC[C@@H]32)C1=O. The summed E-state index contributed by atoms with van der Waals surface area (Å²) in [4.78, 5) is 27.8. The molecule has 1 aromatic carbocycles. The van der Waals surface area contributed by atoms with Crippen LogP contribution in [0.25, 0.3) is 6.08 Å². The van der Waals surface area contributed by atoms with Gasteiger partial charge in [-0.1, -0.05) is 38.0 Å². The standard InChI is InChI=1S/C28H36INO5/c1-6-9-30-27(32)19-13-18(15(2)3)24-20(25(19)28(30)33)14-35-22(24)8-7-16(4)10-17-11-21(29)26(31)23(12-17)34-5/h10-12,15,19-20,22,25,31H,6-9,13-14H2,1-5H3/b16-10+/t19-,20+,22-,25-/m1/s1. The number of methoxy groups -OCH3 is 1. The number of allylic oxidation sites excluding steroid dienone is 2. The van der Waals surface area contributed by atoms with Gasteiger partial charge in [-0.15, -0.1) is 0 Å². The quantitative estimate of drug-likeness (QED) is 0.242. The predicted molar refractivity (Wildman–Crippen MR) is 144 cm³/mol. The van der Waals surface area contributed by atoms with Crippen LogP contribution in [0.1, 0.15) is 58.9 Å². The van der Waals surface area contributed by atoms with Crippen molar-refractivity contribution in [3.8, 4) is 11.5 Å². The van der Waals surface area contributed by atoms with Gasteiger partial charge in [0.05, 0.1) is 35.2 Å². The van der Waals surface area contributed by atoms with E-state index in [0.29, 0.717) is 31.2 Å². The zero-order valence-electron chi connectivity index (χ0n) is 21.3. The number of carbonyl (C=O) groups is 2. The lowest BCUT2D eigenvalue weighted by Gasteiger charge is -2.33. The number of ether oxygens (including phenoxy) is 2. The molecule has 6 nitrogen and oxygen atoms in total. The van der Waals surface area contributed by atoms with Gasteiger partial charge in [-0.25, -0.2) is 0 Å². The van der Waals surface area contributed by atoms with Gasteiger partial charge in [0.1, 0.15) is 0 Å². The summed E-state index contributed by atoms with van der Waals surface area (Å²) < 4.78 is 12.4. The molecule has 0 unspecified atom stereocenters. The highest BCUT2D eigenvalue weighted by atomic mass is 127. The number of hydrogen-bond donors (Lipinski definition) is 1. The molecule has 1 aromatic rings. The van der Waals surface area contributed by atoms with Gasteiger partial charge in [0, 0.05) is 12.5 Å². The van der Waals surface area contributed by atoms with Crippen molar-refractivity contribution in [3.63, 3.8) is 0 Å². The average molecular weight is 594 g/mol. The van der Waals surface area contributed by atoms with Gasteiger partial charge in [0.25, 0.3) is 0 Å². The van der Waals surface area contributed by atoms with Crippen molar-refractivity contribution < 1.29 is 24.2 Å². The Morgan fingerprint density at radius 3 is 2.69 bits per heavy atom. The van der Waals surface area contributed by atoms with E-state index < -0.39 is 0 Å². The second-order valence-corrected chi connectivity index (χ2v) is 11.5. The van der Waals surface area contributed by atoms with E-state index in [0.717, 1.165) is 28.4 Å². The minimum atomic E-state index is -0.264. The lowest BCUT2D eigenvalue weighted by Crippen LogP contribution is -2.35. The van der Waals surface area contributed by atoms with Crippen LogP contribution < -0.4 is 4.74 Å². The van der Waals surface area contributed by atoms with Crippen molar-refractivity contribution in [2.75, 3.05) is 20.3 Å². The number of rotatable bonds is 8. The molecule has 4 atom stereocenters.